The van der Waals surface area contributed by atoms with Crippen molar-refractivity contribution in [2.24, 2.45) is 7.05 Å². The first-order valence-electron chi connectivity index (χ1n) is 8.80. The van der Waals surface area contributed by atoms with E-state index in [0.717, 1.165) is 0 Å². The first kappa shape index (κ1) is 19.3. The van der Waals surface area contributed by atoms with Crippen molar-refractivity contribution in [3.63, 3.8) is 0 Å². The molecule has 1 aliphatic rings. The van der Waals surface area contributed by atoms with Gasteiger partial charge in [-0.15, -0.1) is 10.2 Å². The van der Waals surface area contributed by atoms with Crippen molar-refractivity contribution in [1.29, 1.82) is 0 Å². The van der Waals surface area contributed by atoms with Gasteiger partial charge in [-0.05, 0) is 23.4 Å². The van der Waals surface area contributed by atoms with Gasteiger partial charge in [0.25, 0.3) is 0 Å². The van der Waals surface area contributed by atoms with E-state index in [1.54, 1.807) is 24.1 Å². The predicted octanol–water partition coefficient (Wildman–Crippen LogP) is 1.35. The molecule has 1 aliphatic heterocycles. The maximum Gasteiger partial charge on any atom is 0.223 e. The highest BCUT2D eigenvalue weighted by atomic mass is 19.1. The number of tetrazole rings is 1. The van der Waals surface area contributed by atoms with Gasteiger partial charge in [-0.2, -0.15) is 4.80 Å². The summed E-state index contributed by atoms with van der Waals surface area (Å²) in [4.78, 5) is 7.08. The second-order valence-electron chi connectivity index (χ2n) is 6.46. The Morgan fingerprint density at radius 1 is 1.24 bits per heavy atom. The molecule has 9 nitrogen and oxygen atoms in total. The molecule has 1 atom stereocenters. The molecule has 0 spiro atoms. The number of pyridine rings is 1. The molecule has 0 radical (unpaired) electrons. The molecule has 2 aromatic heterocycles. The first-order chi connectivity index (χ1) is 14.0. The lowest BCUT2D eigenvalue weighted by molar-refractivity contribution is -0.0777. The Morgan fingerprint density at radius 2 is 2.03 bits per heavy atom. The van der Waals surface area contributed by atoms with Crippen LogP contribution in [0, 0.1) is 11.6 Å². The fourth-order valence-corrected chi connectivity index (χ4v) is 3.01. The minimum absolute atomic E-state index is 0.00341. The molecular weight excluding hydrogens is 386 g/mol. The molecule has 3 heterocycles. The van der Waals surface area contributed by atoms with E-state index in [2.05, 4.69) is 20.4 Å². The van der Waals surface area contributed by atoms with Crippen molar-refractivity contribution in [2.45, 2.75) is 6.10 Å². The van der Waals surface area contributed by atoms with E-state index in [1.807, 2.05) is 0 Å². The Balaban J connectivity index is 1.62. The van der Waals surface area contributed by atoms with Gasteiger partial charge in [0.05, 0.1) is 19.2 Å². The minimum Gasteiger partial charge on any atom is -0.394 e. The molecule has 1 aromatic carbocycles. The molecule has 1 N–H and O–H groups in total. The van der Waals surface area contributed by atoms with Gasteiger partial charge < -0.3 is 19.5 Å². The highest BCUT2D eigenvalue weighted by Gasteiger charge is 2.22. The van der Waals surface area contributed by atoms with Crippen LogP contribution in [0.15, 0.2) is 30.5 Å². The monoisotopic (exact) mass is 404 g/mol. The molecule has 0 saturated carbocycles. The van der Waals surface area contributed by atoms with Gasteiger partial charge >= 0.3 is 0 Å². The molecule has 4 rings (SSSR count). The number of hydrogen-bond acceptors (Lipinski definition) is 8. The van der Waals surface area contributed by atoms with E-state index in [0.29, 0.717) is 17.2 Å². The lowest BCUT2D eigenvalue weighted by Gasteiger charge is -2.24. The van der Waals surface area contributed by atoms with Crippen molar-refractivity contribution in [1.82, 2.24) is 25.2 Å². The number of rotatable bonds is 4. The highest BCUT2D eigenvalue weighted by molar-refractivity contribution is 5.68. The largest absolute Gasteiger partial charge is 0.394 e. The zero-order chi connectivity index (χ0) is 20.4. The lowest BCUT2D eigenvalue weighted by atomic mass is 10.0. The third-order valence-corrected chi connectivity index (χ3v) is 4.44. The molecule has 29 heavy (non-hydrogen) atoms. The summed E-state index contributed by atoms with van der Waals surface area (Å²) in [5, 5.41) is 20.9. The summed E-state index contributed by atoms with van der Waals surface area (Å²) in [6.07, 6.45) is 0.854. The minimum atomic E-state index is -0.738. The number of ether oxygens (including phenoxy) is 2. The second kappa shape index (κ2) is 8.15. The van der Waals surface area contributed by atoms with Gasteiger partial charge in [0.1, 0.15) is 37.0 Å². The van der Waals surface area contributed by atoms with Crippen LogP contribution in [0.3, 0.4) is 0 Å². The van der Waals surface area contributed by atoms with Crippen LogP contribution in [0.4, 0.5) is 14.5 Å². The fraction of sp³-hybridized carbons (Fsp3) is 0.333. The standard InChI is InChI=1S/C18H18F2N6O3/c1-25-23-18(22-24-25)16-3-2-11(6-21-16)17-14(19)4-12(5-15(17)20)26-7-13(8-27)29-10-28-9-26/h2-6,13,27H,7-10H2,1H3/t13-/m1/s1. The van der Waals surface area contributed by atoms with Crippen LogP contribution >= 0.6 is 0 Å². The molecular formula is C18H18F2N6O3. The molecule has 3 aromatic rings. The molecule has 1 fully saturated rings. The van der Waals surface area contributed by atoms with Crippen molar-refractivity contribution < 1.29 is 23.4 Å². The van der Waals surface area contributed by atoms with E-state index in [-0.39, 0.29) is 37.8 Å². The number of aliphatic hydroxyl groups excluding tert-OH is 1. The SMILES string of the molecule is Cn1nnc(-c2ccc(-c3c(F)cc(N4COCO[C@@H](CO)C4)cc3F)cn2)n1. The number of anilines is 1. The number of halogens is 2. The van der Waals surface area contributed by atoms with Gasteiger partial charge in [-0.25, -0.2) is 8.78 Å². The molecule has 0 aliphatic carbocycles. The lowest BCUT2D eigenvalue weighted by Crippen LogP contribution is -2.34. The number of aliphatic hydroxyl groups is 1. The second-order valence-corrected chi connectivity index (χ2v) is 6.46. The molecule has 11 heteroatoms. The van der Waals surface area contributed by atoms with Crippen LogP contribution < -0.4 is 4.90 Å². The molecule has 0 unspecified atom stereocenters. The van der Waals surface area contributed by atoms with Crippen LogP contribution in [0.5, 0.6) is 0 Å². The Labute approximate surface area is 164 Å². The maximum atomic E-state index is 14.8. The summed E-state index contributed by atoms with van der Waals surface area (Å²) in [6, 6.07) is 5.56. The van der Waals surface area contributed by atoms with Crippen LogP contribution in [0.2, 0.25) is 0 Å². The average molecular weight is 404 g/mol. The first-order valence-corrected chi connectivity index (χ1v) is 8.80. The van der Waals surface area contributed by atoms with Gasteiger partial charge in [-0.3, -0.25) is 4.98 Å². The number of aryl methyl sites for hydroxylation is 1. The van der Waals surface area contributed by atoms with Crippen molar-refractivity contribution in [2.75, 3.05) is 31.6 Å². The molecule has 152 valence electrons. The van der Waals surface area contributed by atoms with Crippen molar-refractivity contribution >= 4 is 5.69 Å². The zero-order valence-electron chi connectivity index (χ0n) is 15.5. The van der Waals surface area contributed by atoms with Crippen molar-refractivity contribution in [3.8, 4) is 22.6 Å². The summed E-state index contributed by atoms with van der Waals surface area (Å²) in [7, 11) is 1.63. The molecule has 0 amide bonds. The Hall–Kier alpha value is -3.02. The summed E-state index contributed by atoms with van der Waals surface area (Å²) in [6.45, 7) is 0.122. The Bertz CT molecular complexity index is 975. The fourth-order valence-electron chi connectivity index (χ4n) is 3.01. The maximum absolute atomic E-state index is 14.8. The normalized spacial score (nSPS) is 17.4. The number of hydrogen-bond donors (Lipinski definition) is 1. The summed E-state index contributed by atoms with van der Waals surface area (Å²) >= 11 is 0. The topological polar surface area (TPSA) is 98.4 Å². The summed E-state index contributed by atoms with van der Waals surface area (Å²) in [5.41, 5.74) is 0.825. The van der Waals surface area contributed by atoms with E-state index in [9.17, 15) is 13.9 Å². The third-order valence-electron chi connectivity index (χ3n) is 4.44. The van der Waals surface area contributed by atoms with E-state index in [1.165, 1.54) is 23.1 Å². The third kappa shape index (κ3) is 4.06. The summed E-state index contributed by atoms with van der Waals surface area (Å²) < 4.78 is 40.2. The predicted molar refractivity (Wildman–Crippen MR) is 97.5 cm³/mol. The van der Waals surface area contributed by atoms with Crippen molar-refractivity contribution in [3.05, 3.63) is 42.1 Å². The zero-order valence-corrected chi connectivity index (χ0v) is 15.5. The quantitative estimate of drug-likeness (QED) is 0.696. The van der Waals surface area contributed by atoms with Gasteiger partial charge in [0.2, 0.25) is 5.82 Å². The number of aromatic nitrogens is 5. The van der Waals surface area contributed by atoms with Gasteiger partial charge in [-0.1, -0.05) is 6.07 Å². The van der Waals surface area contributed by atoms with E-state index >= 15 is 0 Å². The van der Waals surface area contributed by atoms with Crippen LogP contribution in [-0.2, 0) is 16.5 Å². The smallest absolute Gasteiger partial charge is 0.223 e. The van der Waals surface area contributed by atoms with E-state index < -0.39 is 17.7 Å². The van der Waals surface area contributed by atoms with Gasteiger partial charge in [0.15, 0.2) is 0 Å². The number of benzene rings is 1. The molecule has 1 saturated heterocycles. The highest BCUT2D eigenvalue weighted by Crippen LogP contribution is 2.31. The number of nitrogens with zero attached hydrogens (tertiary/aromatic N) is 6. The average Bonchev–Trinajstić information content (AvgIpc) is 3.00. The molecule has 0 bridgehead atoms. The van der Waals surface area contributed by atoms with Crippen LogP contribution in [0.1, 0.15) is 0 Å². The van der Waals surface area contributed by atoms with E-state index in [4.69, 9.17) is 9.47 Å². The Kier molecular flexibility index (Phi) is 5.43. The van der Waals surface area contributed by atoms with Crippen LogP contribution in [0.25, 0.3) is 22.6 Å². The summed E-state index contributed by atoms with van der Waals surface area (Å²) in [5.74, 6) is -1.16. The van der Waals surface area contributed by atoms with Gasteiger partial charge in [0, 0.05) is 24.0 Å². The Morgan fingerprint density at radius 3 is 2.66 bits per heavy atom. The van der Waals surface area contributed by atoms with Crippen LogP contribution in [-0.4, -0.2) is 63.1 Å².